The average molecular weight is 449 g/mol. The number of esters is 1. The van der Waals surface area contributed by atoms with Gasteiger partial charge in [0.1, 0.15) is 6.10 Å². The topological polar surface area (TPSA) is 72.8 Å². The second-order valence-electron chi connectivity index (χ2n) is 8.78. The fourth-order valence-electron chi connectivity index (χ4n) is 3.96. The highest BCUT2D eigenvalue weighted by atomic mass is 16.5. The van der Waals surface area contributed by atoms with Crippen LogP contribution in [0.1, 0.15) is 109 Å². The zero-order valence-corrected chi connectivity index (χ0v) is 20.2. The van der Waals surface area contributed by atoms with Crippen molar-refractivity contribution in [3.05, 3.63) is 35.9 Å². The summed E-state index contributed by atoms with van der Waals surface area (Å²) in [5.41, 5.74) is 1.20. The van der Waals surface area contributed by atoms with E-state index in [-0.39, 0.29) is 24.6 Å². The predicted octanol–water partition coefficient (Wildman–Crippen LogP) is 7.07. The van der Waals surface area contributed by atoms with Gasteiger partial charge in [-0.05, 0) is 50.5 Å². The molecule has 2 atom stereocenters. The molecule has 0 bridgehead atoms. The molecule has 0 aliphatic heterocycles. The number of ether oxygens (including phenoxy) is 2. The zero-order valence-electron chi connectivity index (χ0n) is 20.2. The lowest BCUT2D eigenvalue weighted by Gasteiger charge is -2.21. The Balaban J connectivity index is 2.30. The fourth-order valence-corrected chi connectivity index (χ4v) is 3.96. The SMILES string of the molecule is CCCCC(CCCC(CCCCCCCCC(=O)O)OC(C)=O)OCc1ccccc1. The van der Waals surface area contributed by atoms with Crippen LogP contribution in [0.15, 0.2) is 30.3 Å². The van der Waals surface area contributed by atoms with Gasteiger partial charge in [-0.2, -0.15) is 0 Å². The summed E-state index contributed by atoms with van der Waals surface area (Å²) in [6, 6.07) is 10.3. The van der Waals surface area contributed by atoms with Gasteiger partial charge in [0.15, 0.2) is 0 Å². The van der Waals surface area contributed by atoms with E-state index in [4.69, 9.17) is 14.6 Å². The maximum Gasteiger partial charge on any atom is 0.303 e. The van der Waals surface area contributed by atoms with E-state index in [0.29, 0.717) is 6.61 Å². The average Bonchev–Trinajstić information content (AvgIpc) is 2.77. The molecule has 32 heavy (non-hydrogen) atoms. The van der Waals surface area contributed by atoms with Gasteiger partial charge in [0.05, 0.1) is 12.7 Å². The monoisotopic (exact) mass is 448 g/mol. The summed E-state index contributed by atoms with van der Waals surface area (Å²) in [5.74, 6) is -0.914. The Morgan fingerprint density at radius 1 is 0.812 bits per heavy atom. The van der Waals surface area contributed by atoms with Crippen molar-refractivity contribution in [2.24, 2.45) is 0 Å². The van der Waals surface area contributed by atoms with Crippen molar-refractivity contribution in [1.29, 1.82) is 0 Å². The molecule has 1 N–H and O–H groups in total. The lowest BCUT2D eigenvalue weighted by Crippen LogP contribution is -2.18. The molecule has 0 fully saturated rings. The molecule has 1 aromatic carbocycles. The lowest BCUT2D eigenvalue weighted by atomic mass is 10.0. The molecule has 2 unspecified atom stereocenters. The van der Waals surface area contributed by atoms with Crippen molar-refractivity contribution in [3.8, 4) is 0 Å². The molecular formula is C27H44O5. The summed E-state index contributed by atoms with van der Waals surface area (Å²) in [6.45, 7) is 4.34. The molecule has 182 valence electrons. The van der Waals surface area contributed by atoms with Crippen LogP contribution in [-0.4, -0.2) is 29.3 Å². The molecule has 5 heteroatoms. The number of carboxylic acids is 1. The molecule has 0 aliphatic carbocycles. The third kappa shape index (κ3) is 15.9. The van der Waals surface area contributed by atoms with Crippen molar-refractivity contribution in [2.75, 3.05) is 0 Å². The van der Waals surface area contributed by atoms with Gasteiger partial charge in [-0.25, -0.2) is 0 Å². The number of rotatable bonds is 20. The fraction of sp³-hybridized carbons (Fsp3) is 0.704. The molecule has 5 nitrogen and oxygen atoms in total. The molecule has 0 amide bonds. The number of hydrogen-bond acceptors (Lipinski definition) is 4. The van der Waals surface area contributed by atoms with Crippen LogP contribution in [0.3, 0.4) is 0 Å². The zero-order chi connectivity index (χ0) is 23.4. The number of benzene rings is 1. The number of hydrogen-bond donors (Lipinski definition) is 1. The van der Waals surface area contributed by atoms with Crippen LogP contribution in [0.5, 0.6) is 0 Å². The van der Waals surface area contributed by atoms with E-state index in [1.807, 2.05) is 18.2 Å². The van der Waals surface area contributed by atoms with Crippen LogP contribution in [0.4, 0.5) is 0 Å². The Morgan fingerprint density at radius 3 is 2.06 bits per heavy atom. The minimum absolute atomic E-state index is 0.0135. The number of carbonyl (C=O) groups excluding carboxylic acids is 1. The summed E-state index contributed by atoms with van der Waals surface area (Å²) < 4.78 is 11.8. The number of carboxylic acid groups (broad SMARTS) is 1. The molecule has 1 aromatic rings. The summed E-state index contributed by atoms with van der Waals surface area (Å²) in [6.07, 6.45) is 13.7. The van der Waals surface area contributed by atoms with Crippen LogP contribution in [0.2, 0.25) is 0 Å². The second-order valence-corrected chi connectivity index (χ2v) is 8.78. The van der Waals surface area contributed by atoms with Crippen LogP contribution >= 0.6 is 0 Å². The van der Waals surface area contributed by atoms with E-state index >= 15 is 0 Å². The molecule has 0 heterocycles. The lowest BCUT2D eigenvalue weighted by molar-refractivity contribution is -0.147. The quantitative estimate of drug-likeness (QED) is 0.171. The smallest absolute Gasteiger partial charge is 0.303 e. The third-order valence-corrected chi connectivity index (χ3v) is 5.76. The van der Waals surface area contributed by atoms with Crippen molar-refractivity contribution in [2.45, 2.75) is 123 Å². The molecule has 0 spiro atoms. The highest BCUT2D eigenvalue weighted by molar-refractivity contribution is 5.66. The van der Waals surface area contributed by atoms with Gasteiger partial charge in [0.2, 0.25) is 0 Å². The predicted molar refractivity (Wildman–Crippen MR) is 129 cm³/mol. The summed E-state index contributed by atoms with van der Waals surface area (Å²) in [7, 11) is 0. The van der Waals surface area contributed by atoms with E-state index in [2.05, 4.69) is 19.1 Å². The van der Waals surface area contributed by atoms with Gasteiger partial charge in [-0.1, -0.05) is 75.8 Å². The van der Waals surface area contributed by atoms with E-state index in [1.54, 1.807) is 0 Å². The molecule has 1 rings (SSSR count). The molecule has 0 aliphatic rings. The van der Waals surface area contributed by atoms with Gasteiger partial charge in [0.25, 0.3) is 0 Å². The number of carbonyl (C=O) groups is 2. The molecule has 0 radical (unpaired) electrons. The summed E-state index contributed by atoms with van der Waals surface area (Å²) >= 11 is 0. The molecule has 0 saturated heterocycles. The van der Waals surface area contributed by atoms with Gasteiger partial charge in [0, 0.05) is 13.3 Å². The van der Waals surface area contributed by atoms with Gasteiger partial charge < -0.3 is 14.6 Å². The first-order chi connectivity index (χ1) is 15.5. The Hall–Kier alpha value is -1.88. The second kappa shape index (κ2) is 18.7. The maximum atomic E-state index is 11.5. The van der Waals surface area contributed by atoms with E-state index in [9.17, 15) is 9.59 Å². The van der Waals surface area contributed by atoms with Crippen LogP contribution in [-0.2, 0) is 25.7 Å². The van der Waals surface area contributed by atoms with E-state index in [0.717, 1.165) is 77.0 Å². The normalized spacial score (nSPS) is 12.9. The van der Waals surface area contributed by atoms with Gasteiger partial charge >= 0.3 is 11.9 Å². The molecule has 0 saturated carbocycles. The maximum absolute atomic E-state index is 11.5. The Kier molecular flexibility index (Phi) is 16.4. The first-order valence-corrected chi connectivity index (χ1v) is 12.6. The van der Waals surface area contributed by atoms with Gasteiger partial charge in [-0.15, -0.1) is 0 Å². The van der Waals surface area contributed by atoms with Crippen LogP contribution in [0, 0.1) is 0 Å². The largest absolute Gasteiger partial charge is 0.481 e. The van der Waals surface area contributed by atoms with Crippen molar-refractivity contribution >= 4 is 11.9 Å². The Bertz CT molecular complexity index is 601. The Morgan fingerprint density at radius 2 is 1.41 bits per heavy atom. The van der Waals surface area contributed by atoms with Crippen molar-refractivity contribution in [1.82, 2.24) is 0 Å². The standard InChI is InChI=1S/C27H44O5/c1-3-4-17-25(31-22-24-15-10-9-11-16-24)19-14-20-26(32-23(2)28)18-12-7-5-6-8-13-21-27(29)30/h9-11,15-16,25-26H,3-8,12-14,17-22H2,1-2H3,(H,29,30). The van der Waals surface area contributed by atoms with Crippen molar-refractivity contribution < 1.29 is 24.2 Å². The molecule has 0 aromatic heterocycles. The third-order valence-electron chi connectivity index (χ3n) is 5.76. The first kappa shape index (κ1) is 28.2. The summed E-state index contributed by atoms with van der Waals surface area (Å²) in [4.78, 5) is 22.0. The van der Waals surface area contributed by atoms with Crippen molar-refractivity contribution in [3.63, 3.8) is 0 Å². The minimum atomic E-state index is -0.711. The highest BCUT2D eigenvalue weighted by Crippen LogP contribution is 2.19. The number of unbranched alkanes of at least 4 members (excludes halogenated alkanes) is 6. The molecular weight excluding hydrogens is 404 g/mol. The van der Waals surface area contributed by atoms with Gasteiger partial charge in [-0.3, -0.25) is 9.59 Å². The Labute approximate surface area is 194 Å². The minimum Gasteiger partial charge on any atom is -0.481 e. The van der Waals surface area contributed by atoms with E-state index < -0.39 is 5.97 Å². The first-order valence-electron chi connectivity index (χ1n) is 12.6. The van der Waals surface area contributed by atoms with Crippen LogP contribution in [0.25, 0.3) is 0 Å². The van der Waals surface area contributed by atoms with Crippen LogP contribution < -0.4 is 0 Å². The summed E-state index contributed by atoms with van der Waals surface area (Å²) in [5, 5.41) is 8.67. The number of aliphatic carboxylic acids is 1. The highest BCUT2D eigenvalue weighted by Gasteiger charge is 2.15. The van der Waals surface area contributed by atoms with E-state index in [1.165, 1.54) is 18.9 Å².